The lowest BCUT2D eigenvalue weighted by atomic mass is 10.0. The zero-order valence-electron chi connectivity index (χ0n) is 22.0. The van der Waals surface area contributed by atoms with Crippen molar-refractivity contribution in [1.29, 1.82) is 0 Å². The lowest BCUT2D eigenvalue weighted by molar-refractivity contribution is -0.128. The lowest BCUT2D eigenvalue weighted by Gasteiger charge is -2.19. The van der Waals surface area contributed by atoms with Crippen LogP contribution in [0.2, 0.25) is 5.02 Å². The first-order chi connectivity index (χ1) is 18.4. The van der Waals surface area contributed by atoms with Crippen molar-refractivity contribution in [2.24, 2.45) is 0 Å². The van der Waals surface area contributed by atoms with Crippen LogP contribution in [0.25, 0.3) is 22.1 Å². The monoisotopic (exact) mass is 558 g/mol. The summed E-state index contributed by atoms with van der Waals surface area (Å²) < 4.78 is 11.1. The van der Waals surface area contributed by atoms with Gasteiger partial charge in [0.25, 0.3) is 5.91 Å². The van der Waals surface area contributed by atoms with Crippen molar-refractivity contribution in [3.05, 3.63) is 57.9 Å². The number of carbonyl (C=O) groups excluding carboxylic acids is 2. The summed E-state index contributed by atoms with van der Waals surface area (Å²) in [5, 5.41) is 17.5. The summed E-state index contributed by atoms with van der Waals surface area (Å²) in [4.78, 5) is 49.8. The number of carbonyl (C=O) groups is 3. The van der Waals surface area contributed by atoms with Gasteiger partial charge < -0.3 is 29.8 Å². The summed E-state index contributed by atoms with van der Waals surface area (Å²) in [6.07, 6.45) is -1.98. The highest BCUT2D eigenvalue weighted by Gasteiger charge is 2.20. The average molecular weight is 559 g/mol. The Bertz CT molecular complexity index is 1420. The topological polar surface area (TPSA) is 150 Å². The Morgan fingerprint density at radius 3 is 2.49 bits per heavy atom. The maximum atomic E-state index is 12.6. The van der Waals surface area contributed by atoms with Gasteiger partial charge in [-0.05, 0) is 52.2 Å². The van der Waals surface area contributed by atoms with Gasteiger partial charge in [0.05, 0.1) is 5.02 Å². The molecule has 4 N–H and O–H groups in total. The van der Waals surface area contributed by atoms with E-state index in [1.54, 1.807) is 32.0 Å². The molecule has 1 aromatic heterocycles. The molecule has 0 radical (unpaired) electrons. The molecule has 0 spiro atoms. The molecule has 0 saturated carbocycles. The number of halogens is 1. The minimum atomic E-state index is -1.23. The van der Waals surface area contributed by atoms with Crippen molar-refractivity contribution in [2.75, 3.05) is 32.5 Å². The second-order valence-electron chi connectivity index (χ2n) is 9.29. The minimum Gasteiger partial charge on any atom is -0.481 e. The van der Waals surface area contributed by atoms with Gasteiger partial charge >= 0.3 is 11.7 Å². The fourth-order valence-corrected chi connectivity index (χ4v) is 4.09. The molecule has 0 aliphatic heterocycles. The number of nitrogens with one attached hydrogen (secondary N) is 3. The van der Waals surface area contributed by atoms with Gasteiger partial charge in [-0.3, -0.25) is 14.9 Å². The molecule has 0 bridgehead atoms. The predicted molar refractivity (Wildman–Crippen MR) is 148 cm³/mol. The molecule has 1 heterocycles. The van der Waals surface area contributed by atoms with Crippen LogP contribution >= 0.6 is 11.6 Å². The molecule has 0 aliphatic carbocycles. The van der Waals surface area contributed by atoms with E-state index in [-0.39, 0.29) is 28.6 Å². The maximum Gasteiger partial charge on any atom is 0.409 e. The highest BCUT2D eigenvalue weighted by Crippen LogP contribution is 2.35. The van der Waals surface area contributed by atoms with Crippen molar-refractivity contribution in [3.63, 3.8) is 0 Å². The van der Waals surface area contributed by atoms with E-state index in [0.29, 0.717) is 35.4 Å². The molecule has 3 rings (SSSR count). The number of amides is 3. The van der Waals surface area contributed by atoms with E-state index in [1.807, 2.05) is 19.0 Å². The number of rotatable bonds is 11. The third kappa shape index (κ3) is 8.45. The van der Waals surface area contributed by atoms with Crippen molar-refractivity contribution >= 4 is 46.2 Å². The number of hydrogen-bond acceptors (Lipinski definition) is 7. The Kier molecular flexibility index (Phi) is 9.91. The predicted octanol–water partition coefficient (Wildman–Crippen LogP) is 3.54. The summed E-state index contributed by atoms with van der Waals surface area (Å²) in [6, 6.07) is 10.3. The maximum absolute atomic E-state index is 12.6. The zero-order chi connectivity index (χ0) is 28.7. The van der Waals surface area contributed by atoms with E-state index in [9.17, 15) is 19.2 Å². The normalized spacial score (nSPS) is 12.6. The number of hydrogen-bond donors (Lipinski definition) is 4. The van der Waals surface area contributed by atoms with Crippen molar-refractivity contribution < 1.29 is 28.6 Å². The summed E-state index contributed by atoms with van der Waals surface area (Å²) in [5.41, 5.74) is 0.872. The van der Waals surface area contributed by atoms with Gasteiger partial charge in [-0.25, -0.2) is 9.59 Å². The SMILES string of the molecule is CC(CC(=O)NCCN(C)C)NC(=O)[C@@H](C)Oc1ccc2c(-c3ccc(NC(=O)O)cc3Cl)cc(=O)oc2c1. The molecular weight excluding hydrogens is 528 g/mol. The van der Waals surface area contributed by atoms with Crippen molar-refractivity contribution in [1.82, 2.24) is 15.5 Å². The van der Waals surface area contributed by atoms with E-state index in [4.69, 9.17) is 25.9 Å². The molecule has 3 amide bonds. The van der Waals surface area contributed by atoms with Crippen LogP contribution in [0.15, 0.2) is 51.7 Å². The first-order valence-electron chi connectivity index (χ1n) is 12.2. The van der Waals surface area contributed by atoms with E-state index in [1.165, 1.54) is 24.3 Å². The van der Waals surface area contributed by atoms with Gasteiger partial charge in [0, 0.05) is 59.9 Å². The first kappa shape index (κ1) is 29.5. The molecule has 0 fully saturated rings. The fraction of sp³-hybridized carbons (Fsp3) is 0.333. The van der Waals surface area contributed by atoms with E-state index in [0.717, 1.165) is 0 Å². The standard InChI is InChI=1S/C27H31ClN4O7/c1-15(11-24(33)29-9-10-32(3)4)30-26(35)16(2)38-18-6-8-20-21(14-25(34)39-23(20)13-18)19-7-5-17(12-22(19)28)31-27(36)37/h5-8,12-16,31H,9-11H2,1-4H3,(H,29,33)(H,30,35)(H,36,37)/t15?,16-/m1/s1. The Labute approximate surface area is 230 Å². The third-order valence-electron chi connectivity index (χ3n) is 5.67. The number of fused-ring (bicyclic) bond motifs is 1. The van der Waals surface area contributed by atoms with Gasteiger partial charge in [0.15, 0.2) is 6.10 Å². The molecule has 2 atom stereocenters. The van der Waals surface area contributed by atoms with Crippen LogP contribution in [0.3, 0.4) is 0 Å². The highest BCUT2D eigenvalue weighted by atomic mass is 35.5. The second-order valence-corrected chi connectivity index (χ2v) is 9.70. The van der Waals surface area contributed by atoms with Crippen molar-refractivity contribution in [2.45, 2.75) is 32.4 Å². The molecular formula is C27H31ClN4O7. The number of nitrogens with zero attached hydrogens (tertiary/aromatic N) is 1. The summed E-state index contributed by atoms with van der Waals surface area (Å²) >= 11 is 6.38. The van der Waals surface area contributed by atoms with Gasteiger partial charge in [-0.15, -0.1) is 0 Å². The number of likely N-dealkylation sites (N-methyl/N-ethyl adjacent to an activating group) is 1. The van der Waals surface area contributed by atoms with E-state index >= 15 is 0 Å². The molecule has 2 aromatic carbocycles. The summed E-state index contributed by atoms with van der Waals surface area (Å²) in [7, 11) is 3.83. The molecule has 11 nitrogen and oxygen atoms in total. The minimum absolute atomic E-state index is 0.131. The van der Waals surface area contributed by atoms with Gasteiger partial charge in [-0.1, -0.05) is 17.7 Å². The highest BCUT2D eigenvalue weighted by molar-refractivity contribution is 6.34. The largest absolute Gasteiger partial charge is 0.481 e. The first-order valence-corrected chi connectivity index (χ1v) is 12.6. The van der Waals surface area contributed by atoms with Crippen LogP contribution < -0.4 is 26.3 Å². The van der Waals surface area contributed by atoms with Crippen LogP contribution in [0, 0.1) is 0 Å². The number of benzene rings is 2. The molecule has 0 saturated heterocycles. The Hall–Kier alpha value is -4.09. The Balaban J connectivity index is 1.70. The lowest BCUT2D eigenvalue weighted by Crippen LogP contribution is -2.43. The van der Waals surface area contributed by atoms with Crippen LogP contribution in [0.1, 0.15) is 20.3 Å². The quantitative estimate of drug-likeness (QED) is 0.261. The molecule has 39 heavy (non-hydrogen) atoms. The summed E-state index contributed by atoms with van der Waals surface area (Å²) in [5.74, 6) is -0.265. The van der Waals surface area contributed by atoms with Gasteiger partial charge in [0.1, 0.15) is 11.3 Å². The number of anilines is 1. The van der Waals surface area contributed by atoms with E-state index < -0.39 is 29.8 Å². The smallest absolute Gasteiger partial charge is 0.409 e. The Morgan fingerprint density at radius 2 is 1.82 bits per heavy atom. The van der Waals surface area contributed by atoms with Gasteiger partial charge in [-0.2, -0.15) is 0 Å². The van der Waals surface area contributed by atoms with Crippen molar-refractivity contribution in [3.8, 4) is 16.9 Å². The summed E-state index contributed by atoms with van der Waals surface area (Å²) in [6.45, 7) is 4.54. The number of carboxylic acid groups (broad SMARTS) is 1. The number of ether oxygens (including phenoxy) is 1. The molecule has 0 aliphatic rings. The molecule has 3 aromatic rings. The van der Waals surface area contributed by atoms with Gasteiger partial charge in [0.2, 0.25) is 5.91 Å². The fourth-order valence-electron chi connectivity index (χ4n) is 3.81. The van der Waals surface area contributed by atoms with Crippen LogP contribution in [0.4, 0.5) is 10.5 Å². The second kappa shape index (κ2) is 13.1. The van der Waals surface area contributed by atoms with Crippen LogP contribution in [0.5, 0.6) is 5.75 Å². The molecule has 12 heteroatoms. The Morgan fingerprint density at radius 1 is 1.08 bits per heavy atom. The zero-order valence-corrected chi connectivity index (χ0v) is 22.8. The molecule has 1 unspecified atom stereocenters. The van der Waals surface area contributed by atoms with E-state index in [2.05, 4.69) is 16.0 Å². The molecule has 208 valence electrons. The third-order valence-corrected chi connectivity index (χ3v) is 5.98. The average Bonchev–Trinajstić information content (AvgIpc) is 2.82. The van der Waals surface area contributed by atoms with Crippen LogP contribution in [-0.2, 0) is 9.59 Å². The van der Waals surface area contributed by atoms with Crippen LogP contribution in [-0.4, -0.2) is 67.2 Å².